The van der Waals surface area contributed by atoms with Crippen LogP contribution < -0.4 is 21.3 Å². The van der Waals surface area contributed by atoms with E-state index < -0.39 is 11.9 Å². The number of hydrogen-bond donors (Lipinski definition) is 4. The van der Waals surface area contributed by atoms with Crippen molar-refractivity contribution < 1.29 is 38.4 Å². The SMILES string of the molecule is CC[C@@H](C)C(=O)N[C@H](C(=O)N1CCNC[C@H]1CN(CCc1ccccc1)C(=O)CCC(=O)c1ccc(-c2ccc(C(=O)NCC(=O)N(CCc3ccccc3)C[C@@H]3CNCCN3C(=O)[C@@H](CC(=O)C(C)C)C3CCCCC3)cc2)cc1)C1CCCCC1. The fourth-order valence-corrected chi connectivity index (χ4v) is 13.1. The molecule has 2 aliphatic carbocycles. The topological polar surface area (TPSA) is 198 Å². The molecule has 2 saturated carbocycles. The first-order valence-electron chi connectivity index (χ1n) is 32.7. The highest BCUT2D eigenvalue weighted by Gasteiger charge is 2.41. The number of benzene rings is 4. The van der Waals surface area contributed by atoms with Crippen LogP contribution in [0.2, 0.25) is 0 Å². The van der Waals surface area contributed by atoms with Gasteiger partial charge in [-0.05, 0) is 91.2 Å². The molecule has 87 heavy (non-hydrogen) atoms. The molecule has 2 aliphatic heterocycles. The highest BCUT2D eigenvalue weighted by Crippen LogP contribution is 2.35. The number of carbonyl (C=O) groups is 8. The Kier molecular flexibility index (Phi) is 25.3. The lowest BCUT2D eigenvalue weighted by Gasteiger charge is -2.42. The molecule has 4 fully saturated rings. The summed E-state index contributed by atoms with van der Waals surface area (Å²) in [5.74, 6) is -1.55. The molecule has 4 aliphatic rings. The van der Waals surface area contributed by atoms with Crippen molar-refractivity contribution in [3.05, 3.63) is 131 Å². The Morgan fingerprint density at radius 1 is 0.575 bits per heavy atom. The maximum atomic E-state index is 14.7. The second-order valence-electron chi connectivity index (χ2n) is 25.2. The lowest BCUT2D eigenvalue weighted by Crippen LogP contribution is -2.63. The predicted octanol–water partition coefficient (Wildman–Crippen LogP) is 8.71. The number of rotatable bonds is 28. The Hall–Kier alpha value is -7.04. The smallest absolute Gasteiger partial charge is 0.251 e. The maximum absolute atomic E-state index is 14.7. The molecule has 6 amide bonds. The number of hydrogen-bond acceptors (Lipinski definition) is 10. The highest BCUT2D eigenvalue weighted by atomic mass is 16.2. The molecule has 0 bridgehead atoms. The van der Waals surface area contributed by atoms with Crippen LogP contribution in [0.5, 0.6) is 0 Å². The van der Waals surface area contributed by atoms with Gasteiger partial charge in [-0.15, -0.1) is 0 Å². The van der Waals surface area contributed by atoms with Crippen LogP contribution in [0.15, 0.2) is 109 Å². The molecule has 2 saturated heterocycles. The molecule has 0 aromatic heterocycles. The minimum atomic E-state index is -0.614. The van der Waals surface area contributed by atoms with Crippen LogP contribution in [-0.2, 0) is 41.6 Å². The average molecular weight is 1190 g/mol. The predicted molar refractivity (Wildman–Crippen MR) is 340 cm³/mol. The van der Waals surface area contributed by atoms with Crippen molar-refractivity contribution in [1.29, 1.82) is 0 Å². The van der Waals surface area contributed by atoms with Crippen LogP contribution in [0.1, 0.15) is 149 Å². The van der Waals surface area contributed by atoms with Gasteiger partial charge in [-0.1, -0.05) is 163 Å². The third kappa shape index (κ3) is 19.0. The van der Waals surface area contributed by atoms with Crippen molar-refractivity contribution >= 4 is 47.0 Å². The van der Waals surface area contributed by atoms with Gasteiger partial charge in [0.05, 0.1) is 18.6 Å². The van der Waals surface area contributed by atoms with E-state index in [9.17, 15) is 38.4 Å². The van der Waals surface area contributed by atoms with Gasteiger partial charge in [0.25, 0.3) is 5.91 Å². The van der Waals surface area contributed by atoms with E-state index in [2.05, 4.69) is 21.3 Å². The Labute approximate surface area is 516 Å². The minimum absolute atomic E-state index is 0.00104. The second kappa shape index (κ2) is 33.3. The molecule has 4 aromatic carbocycles. The van der Waals surface area contributed by atoms with E-state index in [1.54, 1.807) is 34.1 Å². The maximum Gasteiger partial charge on any atom is 0.251 e. The summed E-state index contributed by atoms with van der Waals surface area (Å²) in [4.78, 5) is 119. The molecule has 4 N–H and O–H groups in total. The fraction of sp³-hybridized carbons (Fsp3) is 0.549. The Bertz CT molecular complexity index is 2890. The number of nitrogens with zero attached hydrogens (tertiary/aromatic N) is 4. The van der Waals surface area contributed by atoms with Gasteiger partial charge >= 0.3 is 0 Å². The fourth-order valence-electron chi connectivity index (χ4n) is 13.1. The summed E-state index contributed by atoms with van der Waals surface area (Å²) in [7, 11) is 0. The number of carbonyl (C=O) groups excluding carboxylic acids is 8. The van der Waals surface area contributed by atoms with E-state index in [1.807, 2.05) is 122 Å². The molecule has 4 aromatic rings. The molecular formula is C71H96N8O8. The summed E-state index contributed by atoms with van der Waals surface area (Å²) in [5, 5.41) is 12.9. The Balaban J connectivity index is 0.874. The summed E-state index contributed by atoms with van der Waals surface area (Å²) in [5.41, 5.74) is 4.66. The van der Waals surface area contributed by atoms with Crippen LogP contribution in [0.4, 0.5) is 0 Å². The van der Waals surface area contributed by atoms with Crippen LogP contribution in [0.25, 0.3) is 11.1 Å². The quantitative estimate of drug-likeness (QED) is 0.0399. The summed E-state index contributed by atoms with van der Waals surface area (Å²) in [6, 6.07) is 33.0. The summed E-state index contributed by atoms with van der Waals surface area (Å²) >= 11 is 0. The van der Waals surface area contributed by atoms with Gasteiger partial charge in [-0.25, -0.2) is 0 Å². The van der Waals surface area contributed by atoms with Gasteiger partial charge in [0.1, 0.15) is 11.8 Å². The molecule has 16 nitrogen and oxygen atoms in total. The standard InChI is InChI=1S/C71H96N8O8/c1-5-51(4)68(84)75-67(58-24-16-9-17-25-58)71(87)79-43-39-73-46-61(79)48-76(40-36-52-18-10-6-11-19-52)65(82)35-34-63(80)57-30-26-54(27-31-57)55-28-32-59(33-29-55)69(85)74-47-66(83)77(41-37-53-20-12-7-13-21-53)49-60-45-72-38-42-78(60)70(86)62(44-64(81)50(2)3)56-22-14-8-15-23-56/h6-7,10-13,18-21,26-33,50-51,56,58,60-62,67,72-73H,5,8-9,14-17,22-25,34-49H2,1-4H3,(H,74,85)(H,75,84)/t51-,60+,61+,62+,67+/m1/s1. The molecule has 2 heterocycles. The Morgan fingerprint density at radius 2 is 1.07 bits per heavy atom. The van der Waals surface area contributed by atoms with Crippen molar-refractivity contribution in [2.24, 2.45) is 29.6 Å². The van der Waals surface area contributed by atoms with E-state index in [1.165, 1.54) is 0 Å². The van der Waals surface area contributed by atoms with Gasteiger partial charge in [0.15, 0.2) is 5.78 Å². The third-order valence-electron chi connectivity index (χ3n) is 18.9. The normalized spacial score (nSPS) is 18.7. The lowest BCUT2D eigenvalue weighted by atomic mass is 9.76. The molecule has 468 valence electrons. The summed E-state index contributed by atoms with van der Waals surface area (Å²) < 4.78 is 0. The molecule has 8 rings (SSSR count). The zero-order chi connectivity index (χ0) is 61.7. The summed E-state index contributed by atoms with van der Waals surface area (Å²) in [6.07, 6.45) is 12.3. The third-order valence-corrected chi connectivity index (χ3v) is 18.9. The van der Waals surface area contributed by atoms with Crippen molar-refractivity contribution in [1.82, 2.24) is 40.9 Å². The number of nitrogens with one attached hydrogen (secondary N) is 4. The zero-order valence-corrected chi connectivity index (χ0v) is 52.2. The number of ketones is 2. The molecule has 0 spiro atoms. The van der Waals surface area contributed by atoms with Gasteiger partial charge in [-0.2, -0.15) is 0 Å². The van der Waals surface area contributed by atoms with E-state index in [0.717, 1.165) is 86.5 Å². The molecule has 0 unspecified atom stereocenters. The van der Waals surface area contributed by atoms with Crippen molar-refractivity contribution in [3.8, 4) is 11.1 Å². The minimum Gasteiger partial charge on any atom is -0.344 e. The lowest BCUT2D eigenvalue weighted by molar-refractivity contribution is -0.145. The van der Waals surface area contributed by atoms with Gasteiger partial charge in [0, 0.05) is 114 Å². The van der Waals surface area contributed by atoms with Gasteiger partial charge < -0.3 is 40.9 Å². The zero-order valence-electron chi connectivity index (χ0n) is 52.2. The average Bonchev–Trinajstić information content (AvgIpc) is 2.92. The van der Waals surface area contributed by atoms with E-state index in [4.69, 9.17) is 0 Å². The van der Waals surface area contributed by atoms with Crippen LogP contribution in [0, 0.1) is 29.6 Å². The highest BCUT2D eigenvalue weighted by molar-refractivity contribution is 5.99. The van der Waals surface area contributed by atoms with E-state index in [0.29, 0.717) is 89.3 Å². The van der Waals surface area contributed by atoms with Crippen molar-refractivity contribution in [2.45, 2.75) is 149 Å². The van der Waals surface area contributed by atoms with Gasteiger partial charge in [-0.3, -0.25) is 38.4 Å². The molecule has 0 radical (unpaired) electrons. The molecule has 5 atom stereocenters. The van der Waals surface area contributed by atoms with E-state index >= 15 is 0 Å². The van der Waals surface area contributed by atoms with Crippen LogP contribution >= 0.6 is 0 Å². The van der Waals surface area contributed by atoms with Gasteiger partial charge in [0.2, 0.25) is 29.5 Å². The molecular weight excluding hydrogens is 1090 g/mol. The van der Waals surface area contributed by atoms with Crippen molar-refractivity contribution in [3.63, 3.8) is 0 Å². The summed E-state index contributed by atoms with van der Waals surface area (Å²) in [6.45, 7) is 12.0. The van der Waals surface area contributed by atoms with E-state index in [-0.39, 0.29) is 115 Å². The second-order valence-corrected chi connectivity index (χ2v) is 25.2. The largest absolute Gasteiger partial charge is 0.344 e. The first-order chi connectivity index (χ1) is 42.2. The Morgan fingerprint density at radius 3 is 1.59 bits per heavy atom. The number of Topliss-reactive ketones (excluding diaryl/α,β-unsaturated/α-hetero) is 2. The first-order valence-corrected chi connectivity index (χ1v) is 32.7. The monoisotopic (exact) mass is 1190 g/mol. The first kappa shape index (κ1) is 65.9. The van der Waals surface area contributed by atoms with Crippen LogP contribution in [-0.4, -0.2) is 157 Å². The van der Waals surface area contributed by atoms with Crippen molar-refractivity contribution in [2.75, 3.05) is 72.0 Å². The number of piperazine rings is 2. The van der Waals surface area contributed by atoms with Crippen LogP contribution in [0.3, 0.4) is 0 Å². The number of amides is 6. The molecule has 16 heteroatoms.